The van der Waals surface area contributed by atoms with Gasteiger partial charge in [-0.2, -0.15) is 0 Å². The molecule has 5 nitrogen and oxygen atoms in total. The van der Waals surface area contributed by atoms with Gasteiger partial charge in [-0.15, -0.1) is 0 Å². The van der Waals surface area contributed by atoms with Crippen LogP contribution in [0.5, 0.6) is 0 Å². The zero-order valence-corrected chi connectivity index (χ0v) is 11.8. The third-order valence-electron chi connectivity index (χ3n) is 2.81. The summed E-state index contributed by atoms with van der Waals surface area (Å²) in [5, 5.41) is 3.11. The lowest BCUT2D eigenvalue weighted by molar-refractivity contribution is 0.601. The van der Waals surface area contributed by atoms with E-state index in [0.717, 1.165) is 24.0 Å². The summed E-state index contributed by atoms with van der Waals surface area (Å²) in [6.07, 6.45) is 3.56. The zero-order chi connectivity index (χ0) is 13.9. The van der Waals surface area contributed by atoms with Crippen LogP contribution in [0.4, 0.5) is 0 Å². The van der Waals surface area contributed by atoms with Crippen molar-refractivity contribution in [3.05, 3.63) is 35.4 Å². The highest BCUT2D eigenvalue weighted by Crippen LogP contribution is 2.18. The van der Waals surface area contributed by atoms with Crippen LogP contribution in [-0.4, -0.2) is 26.7 Å². The van der Waals surface area contributed by atoms with E-state index in [2.05, 4.69) is 10.3 Å². The van der Waals surface area contributed by atoms with E-state index < -0.39 is 9.84 Å². The fraction of sp³-hybridized carbons (Fsp3) is 0.462. The van der Waals surface area contributed by atoms with Crippen molar-refractivity contribution >= 4 is 15.8 Å². The summed E-state index contributed by atoms with van der Waals surface area (Å²) in [5.41, 5.74) is 7.54. The summed E-state index contributed by atoms with van der Waals surface area (Å²) in [5.74, 6) is 0.546. The summed E-state index contributed by atoms with van der Waals surface area (Å²) in [6, 6.07) is 7.90. The van der Waals surface area contributed by atoms with E-state index in [-0.39, 0.29) is 5.75 Å². The van der Waals surface area contributed by atoms with Crippen LogP contribution in [0.25, 0.3) is 0 Å². The third kappa shape index (κ3) is 5.30. The van der Waals surface area contributed by atoms with E-state index in [0.29, 0.717) is 18.5 Å². The Morgan fingerprint density at radius 1 is 1.32 bits per heavy atom. The van der Waals surface area contributed by atoms with Crippen molar-refractivity contribution in [2.75, 3.05) is 6.26 Å². The van der Waals surface area contributed by atoms with Crippen molar-refractivity contribution in [1.29, 1.82) is 0 Å². The molecule has 0 spiro atoms. The maximum absolute atomic E-state index is 11.2. The molecule has 1 aliphatic rings. The second kappa shape index (κ2) is 5.61. The Bertz CT molecular complexity index is 560. The van der Waals surface area contributed by atoms with E-state index in [1.165, 1.54) is 6.26 Å². The quantitative estimate of drug-likeness (QED) is 0.617. The van der Waals surface area contributed by atoms with Crippen LogP contribution in [0.2, 0.25) is 0 Å². The number of benzene rings is 1. The third-order valence-corrected chi connectivity index (χ3v) is 3.67. The number of nitrogens with zero attached hydrogens (tertiary/aromatic N) is 1. The van der Waals surface area contributed by atoms with Crippen molar-refractivity contribution in [3.8, 4) is 0 Å². The molecule has 19 heavy (non-hydrogen) atoms. The van der Waals surface area contributed by atoms with Gasteiger partial charge in [-0.3, -0.25) is 0 Å². The SMILES string of the molecule is CS(=O)(=O)Cc1ccc(CN=C(N)NC2CC2)cc1. The summed E-state index contributed by atoms with van der Waals surface area (Å²) < 4.78 is 22.3. The van der Waals surface area contributed by atoms with Gasteiger partial charge in [-0.25, -0.2) is 13.4 Å². The van der Waals surface area contributed by atoms with Gasteiger partial charge < -0.3 is 11.1 Å². The molecule has 0 saturated heterocycles. The second-order valence-corrected chi connectivity index (χ2v) is 7.15. The molecule has 1 aromatic carbocycles. The molecule has 1 aliphatic carbocycles. The maximum Gasteiger partial charge on any atom is 0.189 e. The van der Waals surface area contributed by atoms with Crippen LogP contribution in [0.1, 0.15) is 24.0 Å². The number of aliphatic imine (C=N–C) groups is 1. The molecular weight excluding hydrogens is 262 g/mol. The summed E-state index contributed by atoms with van der Waals surface area (Å²) in [6.45, 7) is 0.505. The second-order valence-electron chi connectivity index (χ2n) is 5.01. The van der Waals surface area contributed by atoms with Crippen molar-refractivity contribution < 1.29 is 8.42 Å². The van der Waals surface area contributed by atoms with Gasteiger partial charge >= 0.3 is 0 Å². The van der Waals surface area contributed by atoms with Gasteiger partial charge in [0, 0.05) is 12.3 Å². The molecule has 3 N–H and O–H groups in total. The standard InChI is InChI=1S/C13H19N3O2S/c1-19(17,18)9-11-4-2-10(3-5-11)8-15-13(14)16-12-6-7-12/h2-5,12H,6-9H2,1H3,(H3,14,15,16). The first-order valence-electron chi connectivity index (χ1n) is 6.24. The predicted octanol–water partition coefficient (Wildman–Crippen LogP) is 0.798. The van der Waals surface area contributed by atoms with E-state index in [1.807, 2.05) is 24.3 Å². The first kappa shape index (κ1) is 13.9. The van der Waals surface area contributed by atoms with Crippen LogP contribution >= 0.6 is 0 Å². The molecule has 0 aromatic heterocycles. The predicted molar refractivity (Wildman–Crippen MR) is 76.5 cm³/mol. The Morgan fingerprint density at radius 3 is 2.42 bits per heavy atom. The van der Waals surface area contributed by atoms with Gasteiger partial charge in [-0.1, -0.05) is 24.3 Å². The molecule has 1 fully saturated rings. The average molecular weight is 281 g/mol. The molecule has 1 aromatic rings. The van der Waals surface area contributed by atoms with Crippen molar-refractivity contribution in [3.63, 3.8) is 0 Å². The van der Waals surface area contributed by atoms with Gasteiger partial charge in [0.25, 0.3) is 0 Å². The summed E-state index contributed by atoms with van der Waals surface area (Å²) >= 11 is 0. The first-order chi connectivity index (χ1) is 8.92. The van der Waals surface area contributed by atoms with E-state index >= 15 is 0 Å². The topological polar surface area (TPSA) is 84.5 Å². The fourth-order valence-corrected chi connectivity index (χ4v) is 2.50. The summed E-state index contributed by atoms with van der Waals surface area (Å²) in [4.78, 5) is 4.24. The van der Waals surface area contributed by atoms with Gasteiger partial charge in [0.15, 0.2) is 15.8 Å². The first-order valence-corrected chi connectivity index (χ1v) is 8.30. The minimum atomic E-state index is -2.98. The number of guanidine groups is 1. The van der Waals surface area contributed by atoms with Gasteiger partial charge in [-0.05, 0) is 24.0 Å². The Labute approximate surface area is 113 Å². The molecular formula is C13H19N3O2S. The van der Waals surface area contributed by atoms with Crippen LogP contribution < -0.4 is 11.1 Å². The molecule has 0 heterocycles. The number of nitrogens with one attached hydrogen (secondary N) is 1. The van der Waals surface area contributed by atoms with Crippen LogP contribution in [-0.2, 0) is 22.1 Å². The monoisotopic (exact) mass is 281 g/mol. The smallest absolute Gasteiger partial charge is 0.189 e. The largest absolute Gasteiger partial charge is 0.370 e. The van der Waals surface area contributed by atoms with Crippen LogP contribution in [0, 0.1) is 0 Å². The lowest BCUT2D eigenvalue weighted by Gasteiger charge is -2.04. The Morgan fingerprint density at radius 2 is 1.89 bits per heavy atom. The molecule has 0 radical (unpaired) electrons. The zero-order valence-electron chi connectivity index (χ0n) is 11.0. The van der Waals surface area contributed by atoms with E-state index in [1.54, 1.807) is 0 Å². The molecule has 6 heteroatoms. The van der Waals surface area contributed by atoms with Gasteiger partial charge in [0.1, 0.15) is 0 Å². The fourth-order valence-electron chi connectivity index (χ4n) is 1.70. The van der Waals surface area contributed by atoms with Crippen molar-refractivity contribution in [1.82, 2.24) is 5.32 Å². The number of sulfone groups is 1. The normalized spacial score (nSPS) is 16.4. The Kier molecular flexibility index (Phi) is 4.09. The molecule has 0 unspecified atom stereocenters. The lowest BCUT2D eigenvalue weighted by atomic mass is 10.1. The highest BCUT2D eigenvalue weighted by Gasteiger charge is 2.21. The molecule has 1 saturated carbocycles. The van der Waals surface area contributed by atoms with E-state index in [9.17, 15) is 8.42 Å². The van der Waals surface area contributed by atoms with Crippen molar-refractivity contribution in [2.24, 2.45) is 10.7 Å². The highest BCUT2D eigenvalue weighted by atomic mass is 32.2. The minimum absolute atomic E-state index is 0.0714. The molecule has 0 aliphatic heterocycles. The highest BCUT2D eigenvalue weighted by molar-refractivity contribution is 7.89. The number of rotatable bonds is 5. The summed E-state index contributed by atoms with van der Waals surface area (Å²) in [7, 11) is -2.98. The maximum atomic E-state index is 11.2. The molecule has 104 valence electrons. The molecule has 0 atom stereocenters. The number of hydrogen-bond acceptors (Lipinski definition) is 3. The Hall–Kier alpha value is -1.56. The molecule has 0 bridgehead atoms. The number of hydrogen-bond donors (Lipinski definition) is 2. The molecule has 2 rings (SSSR count). The van der Waals surface area contributed by atoms with Crippen molar-refractivity contribution in [2.45, 2.75) is 31.2 Å². The molecule has 0 amide bonds. The van der Waals surface area contributed by atoms with Crippen LogP contribution in [0.3, 0.4) is 0 Å². The van der Waals surface area contributed by atoms with Gasteiger partial charge in [0.05, 0.1) is 12.3 Å². The average Bonchev–Trinajstić information content (AvgIpc) is 3.10. The number of nitrogens with two attached hydrogens (primary N) is 1. The van der Waals surface area contributed by atoms with Crippen LogP contribution in [0.15, 0.2) is 29.3 Å². The lowest BCUT2D eigenvalue weighted by Crippen LogP contribution is -2.33. The van der Waals surface area contributed by atoms with E-state index in [4.69, 9.17) is 5.73 Å². The van der Waals surface area contributed by atoms with Gasteiger partial charge in [0.2, 0.25) is 0 Å². The minimum Gasteiger partial charge on any atom is -0.370 e. The Balaban J connectivity index is 1.90.